The molecule has 4 heterocycles. The van der Waals surface area contributed by atoms with Gasteiger partial charge in [0, 0.05) is 21.9 Å². The first-order valence-electron chi connectivity index (χ1n) is 10.7. The Labute approximate surface area is 188 Å². The normalized spacial score (nSPS) is 18.5. The van der Waals surface area contributed by atoms with Gasteiger partial charge in [-0.25, -0.2) is 4.98 Å². The Morgan fingerprint density at radius 2 is 1.97 bits per heavy atom. The minimum atomic E-state index is -0.419. The number of cyclic esters (lactones) is 1. The largest absolute Gasteiger partial charge is 0.460 e. The van der Waals surface area contributed by atoms with Crippen molar-refractivity contribution in [2.75, 3.05) is 0 Å². The van der Waals surface area contributed by atoms with Crippen molar-refractivity contribution in [2.45, 2.75) is 57.6 Å². The fraction of sp³-hybridized carbons (Fsp3) is 0.375. The van der Waals surface area contributed by atoms with Crippen LogP contribution in [-0.4, -0.2) is 15.5 Å². The highest BCUT2D eigenvalue weighted by Gasteiger charge is 2.35. The van der Waals surface area contributed by atoms with Crippen molar-refractivity contribution in [3.63, 3.8) is 0 Å². The average Bonchev–Trinajstić information content (AvgIpc) is 3.38. The van der Waals surface area contributed by atoms with Crippen LogP contribution >= 0.6 is 23.2 Å². The van der Waals surface area contributed by atoms with E-state index in [1.54, 1.807) is 4.57 Å². The molecule has 1 aromatic carbocycles. The van der Waals surface area contributed by atoms with Gasteiger partial charge < -0.3 is 9.30 Å². The highest BCUT2D eigenvalue weighted by atomic mass is 35.5. The van der Waals surface area contributed by atoms with E-state index in [2.05, 4.69) is 0 Å². The summed E-state index contributed by atoms with van der Waals surface area (Å²) < 4.78 is 7.04. The molecule has 0 radical (unpaired) electrons. The van der Waals surface area contributed by atoms with Crippen molar-refractivity contribution < 1.29 is 9.53 Å². The van der Waals surface area contributed by atoms with Gasteiger partial charge in [0.05, 0.1) is 34.9 Å². The predicted molar refractivity (Wildman–Crippen MR) is 120 cm³/mol. The fourth-order valence-electron chi connectivity index (χ4n) is 5.59. The maximum Gasteiger partial charge on any atom is 0.313 e. The van der Waals surface area contributed by atoms with E-state index in [0.29, 0.717) is 24.4 Å². The Morgan fingerprint density at radius 1 is 1.16 bits per heavy atom. The highest BCUT2D eigenvalue weighted by Crippen LogP contribution is 2.43. The zero-order valence-corrected chi connectivity index (χ0v) is 18.6. The van der Waals surface area contributed by atoms with Crippen molar-refractivity contribution in [3.8, 4) is 11.4 Å². The van der Waals surface area contributed by atoms with Crippen molar-refractivity contribution in [3.05, 3.63) is 60.9 Å². The summed E-state index contributed by atoms with van der Waals surface area (Å²) in [4.78, 5) is 30.6. The van der Waals surface area contributed by atoms with Crippen molar-refractivity contribution >= 4 is 40.1 Å². The van der Waals surface area contributed by atoms with Crippen LogP contribution in [0.3, 0.4) is 0 Å². The smallest absolute Gasteiger partial charge is 0.313 e. The summed E-state index contributed by atoms with van der Waals surface area (Å²) in [6, 6.07) is 3.89. The molecule has 7 heteroatoms. The number of nitrogens with zero attached hydrogens (tertiary/aromatic N) is 2. The molecule has 2 aromatic heterocycles. The zero-order valence-electron chi connectivity index (χ0n) is 17.1. The van der Waals surface area contributed by atoms with Crippen LogP contribution in [0.2, 0.25) is 5.02 Å². The minimum absolute atomic E-state index is 0.0288. The molecule has 3 aliphatic rings. The third-order valence-corrected chi connectivity index (χ3v) is 7.67. The van der Waals surface area contributed by atoms with Gasteiger partial charge in [0.15, 0.2) is 0 Å². The van der Waals surface area contributed by atoms with Crippen LogP contribution in [0.5, 0.6) is 0 Å². The number of hydrogen-bond acceptors (Lipinski definition) is 4. The predicted octanol–water partition coefficient (Wildman–Crippen LogP) is 4.86. The summed E-state index contributed by atoms with van der Waals surface area (Å²) >= 11 is 13.1. The molecule has 0 saturated carbocycles. The van der Waals surface area contributed by atoms with Gasteiger partial charge in [-0.05, 0) is 60.1 Å². The molecule has 158 valence electrons. The molecule has 0 fully saturated rings. The molecule has 1 aliphatic carbocycles. The molecule has 1 atom stereocenters. The first-order valence-corrected chi connectivity index (χ1v) is 11.6. The van der Waals surface area contributed by atoms with E-state index in [-0.39, 0.29) is 18.1 Å². The molecule has 0 N–H and O–H groups in total. The summed E-state index contributed by atoms with van der Waals surface area (Å²) in [6.07, 6.45) is 3.60. The lowest BCUT2D eigenvalue weighted by Crippen LogP contribution is -2.32. The molecule has 0 saturated heterocycles. The molecule has 2 aliphatic heterocycles. The Kier molecular flexibility index (Phi) is 4.25. The SMILES string of the molecule is CC[C@@H]1C(=O)OCc2c1cc1n(c2=O)Cc2c-1nc1cc(Cl)c3c(c1c2CCl)CCC3. The summed E-state index contributed by atoms with van der Waals surface area (Å²) in [5.41, 5.74) is 8.06. The van der Waals surface area contributed by atoms with Gasteiger partial charge in [-0.15, -0.1) is 11.6 Å². The first-order chi connectivity index (χ1) is 15.0. The number of ether oxygens (including phenoxy) is 1. The number of rotatable bonds is 2. The molecule has 3 aromatic rings. The summed E-state index contributed by atoms with van der Waals surface area (Å²) in [5, 5.41) is 1.85. The number of esters is 1. The molecular weight excluding hydrogens is 435 g/mol. The van der Waals surface area contributed by atoms with Crippen molar-refractivity contribution in [1.29, 1.82) is 0 Å². The number of benzene rings is 1. The van der Waals surface area contributed by atoms with Crippen LogP contribution in [0, 0.1) is 0 Å². The van der Waals surface area contributed by atoms with Gasteiger partial charge in [-0.3, -0.25) is 9.59 Å². The van der Waals surface area contributed by atoms with Gasteiger partial charge in [0.25, 0.3) is 5.56 Å². The van der Waals surface area contributed by atoms with E-state index in [1.807, 2.05) is 19.1 Å². The molecule has 0 spiro atoms. The Balaban J connectivity index is 1.66. The summed E-state index contributed by atoms with van der Waals surface area (Å²) in [6.45, 7) is 2.39. The number of carbonyl (C=O) groups is 1. The van der Waals surface area contributed by atoms with Crippen LogP contribution < -0.4 is 5.56 Å². The second-order valence-corrected chi connectivity index (χ2v) is 9.21. The Morgan fingerprint density at radius 3 is 2.74 bits per heavy atom. The molecule has 0 bridgehead atoms. The van der Waals surface area contributed by atoms with Gasteiger partial charge in [-0.1, -0.05) is 18.5 Å². The van der Waals surface area contributed by atoms with E-state index >= 15 is 0 Å². The highest BCUT2D eigenvalue weighted by molar-refractivity contribution is 6.32. The zero-order chi connectivity index (χ0) is 21.4. The lowest BCUT2D eigenvalue weighted by Gasteiger charge is -2.24. The number of carbonyl (C=O) groups excluding carboxylic acids is 1. The number of aryl methyl sites for hydroxylation is 1. The van der Waals surface area contributed by atoms with Crippen LogP contribution in [0.25, 0.3) is 22.3 Å². The summed E-state index contributed by atoms with van der Waals surface area (Å²) in [7, 11) is 0. The number of alkyl halides is 1. The van der Waals surface area contributed by atoms with Gasteiger partial charge in [0.1, 0.15) is 6.61 Å². The van der Waals surface area contributed by atoms with E-state index in [1.165, 1.54) is 11.1 Å². The average molecular weight is 455 g/mol. The first kappa shape index (κ1) is 19.3. The molecule has 0 unspecified atom stereocenters. The number of hydrogen-bond donors (Lipinski definition) is 0. The maximum absolute atomic E-state index is 13.4. The Bertz CT molecular complexity index is 1380. The van der Waals surface area contributed by atoms with E-state index < -0.39 is 5.92 Å². The second kappa shape index (κ2) is 6.81. The quantitative estimate of drug-likeness (QED) is 0.320. The number of aromatic nitrogens is 2. The third-order valence-electron chi connectivity index (χ3n) is 7.07. The van der Waals surface area contributed by atoms with Gasteiger partial charge in [0.2, 0.25) is 0 Å². The van der Waals surface area contributed by atoms with E-state index in [0.717, 1.165) is 63.3 Å². The Hall–Kier alpha value is -2.37. The van der Waals surface area contributed by atoms with Crippen molar-refractivity contribution in [1.82, 2.24) is 9.55 Å². The van der Waals surface area contributed by atoms with Crippen LogP contribution in [0.1, 0.15) is 59.1 Å². The topological polar surface area (TPSA) is 61.2 Å². The lowest BCUT2D eigenvalue weighted by atomic mass is 9.90. The molecule has 5 nitrogen and oxygen atoms in total. The fourth-order valence-corrected chi connectivity index (χ4v) is 6.19. The maximum atomic E-state index is 13.4. The summed E-state index contributed by atoms with van der Waals surface area (Å²) in [5.74, 6) is -0.346. The van der Waals surface area contributed by atoms with Crippen LogP contribution in [0.15, 0.2) is 16.9 Å². The third kappa shape index (κ3) is 2.53. The number of halogens is 2. The molecular formula is C24H20Cl2N2O3. The van der Waals surface area contributed by atoms with Gasteiger partial charge >= 0.3 is 5.97 Å². The van der Waals surface area contributed by atoms with Crippen LogP contribution in [-0.2, 0) is 41.4 Å². The van der Waals surface area contributed by atoms with E-state index in [9.17, 15) is 9.59 Å². The lowest BCUT2D eigenvalue weighted by molar-refractivity contribution is -0.148. The van der Waals surface area contributed by atoms with Crippen LogP contribution in [0.4, 0.5) is 0 Å². The minimum Gasteiger partial charge on any atom is -0.460 e. The van der Waals surface area contributed by atoms with Crippen molar-refractivity contribution in [2.24, 2.45) is 0 Å². The van der Waals surface area contributed by atoms with Gasteiger partial charge in [-0.2, -0.15) is 0 Å². The number of fused-ring (bicyclic) bond motifs is 7. The van der Waals surface area contributed by atoms with E-state index in [4.69, 9.17) is 32.9 Å². The standard InChI is InChI=1S/C24H20Cl2N2O3/c1-2-11-14-6-20-22-16(9-28(20)23(29)17(14)10-31-24(11)30)15(8-25)21-13-5-3-4-12(13)18(26)7-19(21)27-22/h6-7,11H,2-5,8-10H2,1H3/t11-/m0/s1. The monoisotopic (exact) mass is 454 g/mol. The number of pyridine rings is 2. The molecule has 6 rings (SSSR count). The molecule has 31 heavy (non-hydrogen) atoms. The second-order valence-electron chi connectivity index (χ2n) is 8.54. The molecule has 0 amide bonds.